The van der Waals surface area contributed by atoms with Gasteiger partial charge in [0.1, 0.15) is 0 Å². The maximum absolute atomic E-state index is 11.7. The molecule has 118 valence electrons. The Morgan fingerprint density at radius 3 is 2.45 bits per heavy atom. The van der Waals surface area contributed by atoms with Crippen molar-refractivity contribution in [1.29, 1.82) is 0 Å². The molecule has 0 unspecified atom stereocenters. The highest BCUT2D eigenvalue weighted by Gasteiger charge is 2.21. The summed E-state index contributed by atoms with van der Waals surface area (Å²) in [5.41, 5.74) is 1.93. The number of anilines is 2. The molecule has 0 aromatic heterocycles. The minimum Gasteiger partial charge on any atom is -0.360 e. The van der Waals surface area contributed by atoms with Crippen molar-refractivity contribution in [2.45, 2.75) is 51.0 Å². The number of benzene rings is 1. The summed E-state index contributed by atoms with van der Waals surface area (Å²) in [6.45, 7) is 0.827. The molecule has 5 heteroatoms. The minimum absolute atomic E-state index is 0.218. The summed E-state index contributed by atoms with van der Waals surface area (Å²) >= 11 is 5.39. The lowest BCUT2D eigenvalue weighted by Gasteiger charge is -2.24. The number of nitrogens with zero attached hydrogens (tertiary/aromatic N) is 1. The molecule has 1 heterocycles. The van der Waals surface area contributed by atoms with Crippen LogP contribution < -0.4 is 15.5 Å². The molecule has 4 nitrogen and oxygen atoms in total. The molecular formula is C17H23N3OS. The van der Waals surface area contributed by atoms with E-state index < -0.39 is 0 Å². The van der Waals surface area contributed by atoms with E-state index in [1.807, 2.05) is 29.2 Å². The van der Waals surface area contributed by atoms with Crippen LogP contribution in [0.3, 0.4) is 0 Å². The third kappa shape index (κ3) is 3.77. The maximum Gasteiger partial charge on any atom is 0.227 e. The smallest absolute Gasteiger partial charge is 0.227 e. The zero-order valence-corrected chi connectivity index (χ0v) is 13.6. The molecule has 1 amide bonds. The molecule has 1 aromatic carbocycles. The summed E-state index contributed by atoms with van der Waals surface area (Å²) < 4.78 is 0. The zero-order chi connectivity index (χ0) is 15.4. The van der Waals surface area contributed by atoms with Crippen LogP contribution in [0.2, 0.25) is 0 Å². The Hall–Kier alpha value is -1.62. The first kappa shape index (κ1) is 15.3. The normalized spacial score (nSPS) is 19.3. The van der Waals surface area contributed by atoms with E-state index in [1.165, 1.54) is 32.1 Å². The fourth-order valence-electron chi connectivity index (χ4n) is 3.25. The topological polar surface area (TPSA) is 44.4 Å². The number of carbonyl (C=O) groups is 1. The SMILES string of the molecule is O=C1CCCN1c1ccc(NC(=S)NC2CCCCC2)cc1. The van der Waals surface area contributed by atoms with E-state index in [0.717, 1.165) is 24.3 Å². The van der Waals surface area contributed by atoms with Crippen LogP contribution in [0.1, 0.15) is 44.9 Å². The monoisotopic (exact) mass is 317 g/mol. The van der Waals surface area contributed by atoms with Crippen molar-refractivity contribution in [1.82, 2.24) is 5.32 Å². The van der Waals surface area contributed by atoms with Crippen LogP contribution in [0.4, 0.5) is 11.4 Å². The third-order valence-electron chi connectivity index (χ3n) is 4.45. The second-order valence-corrected chi connectivity index (χ2v) is 6.54. The van der Waals surface area contributed by atoms with E-state index in [2.05, 4.69) is 10.6 Å². The Bertz CT molecular complexity index is 537. The molecular weight excluding hydrogens is 294 g/mol. The van der Waals surface area contributed by atoms with Crippen LogP contribution >= 0.6 is 12.2 Å². The molecule has 0 bridgehead atoms. The van der Waals surface area contributed by atoms with E-state index in [9.17, 15) is 4.79 Å². The lowest BCUT2D eigenvalue weighted by Crippen LogP contribution is -2.38. The first-order valence-electron chi connectivity index (χ1n) is 8.20. The Morgan fingerprint density at radius 1 is 1.09 bits per heavy atom. The zero-order valence-electron chi connectivity index (χ0n) is 12.8. The number of hydrogen-bond acceptors (Lipinski definition) is 2. The van der Waals surface area contributed by atoms with E-state index in [0.29, 0.717) is 17.6 Å². The summed E-state index contributed by atoms with van der Waals surface area (Å²) in [5.74, 6) is 0.218. The van der Waals surface area contributed by atoms with Gasteiger partial charge in [-0.15, -0.1) is 0 Å². The van der Waals surface area contributed by atoms with Gasteiger partial charge in [-0.1, -0.05) is 19.3 Å². The third-order valence-corrected chi connectivity index (χ3v) is 4.67. The number of carbonyl (C=O) groups excluding carboxylic acids is 1. The molecule has 0 radical (unpaired) electrons. The molecule has 1 saturated carbocycles. The maximum atomic E-state index is 11.7. The van der Waals surface area contributed by atoms with Crippen LogP contribution in [0.15, 0.2) is 24.3 Å². The quantitative estimate of drug-likeness (QED) is 0.838. The van der Waals surface area contributed by atoms with Gasteiger partial charge in [-0.25, -0.2) is 0 Å². The number of nitrogens with one attached hydrogen (secondary N) is 2. The summed E-state index contributed by atoms with van der Waals surface area (Å²) in [6.07, 6.45) is 7.95. The van der Waals surface area contributed by atoms with Gasteiger partial charge in [0.05, 0.1) is 0 Å². The van der Waals surface area contributed by atoms with Crippen molar-refractivity contribution in [2.75, 3.05) is 16.8 Å². The largest absolute Gasteiger partial charge is 0.360 e. The lowest BCUT2D eigenvalue weighted by atomic mass is 9.96. The first-order valence-corrected chi connectivity index (χ1v) is 8.61. The summed E-state index contributed by atoms with van der Waals surface area (Å²) in [5, 5.41) is 7.33. The van der Waals surface area contributed by atoms with E-state index >= 15 is 0 Å². The van der Waals surface area contributed by atoms with Crippen molar-refractivity contribution in [2.24, 2.45) is 0 Å². The highest BCUT2D eigenvalue weighted by Crippen LogP contribution is 2.23. The van der Waals surface area contributed by atoms with Gasteiger partial charge >= 0.3 is 0 Å². The predicted octanol–water partition coefficient (Wildman–Crippen LogP) is 3.43. The lowest BCUT2D eigenvalue weighted by molar-refractivity contribution is -0.117. The number of amides is 1. The molecule has 2 aliphatic rings. The molecule has 1 saturated heterocycles. The minimum atomic E-state index is 0.218. The van der Waals surface area contributed by atoms with Gasteiger partial charge in [-0.2, -0.15) is 0 Å². The molecule has 1 aliphatic carbocycles. The molecule has 2 fully saturated rings. The Balaban J connectivity index is 1.54. The molecule has 2 N–H and O–H groups in total. The van der Waals surface area contributed by atoms with Crippen LogP contribution in [0.5, 0.6) is 0 Å². The summed E-state index contributed by atoms with van der Waals surface area (Å²) in [6, 6.07) is 8.44. The van der Waals surface area contributed by atoms with E-state index in [4.69, 9.17) is 12.2 Å². The van der Waals surface area contributed by atoms with Crippen LogP contribution in [0.25, 0.3) is 0 Å². The van der Waals surface area contributed by atoms with Crippen molar-refractivity contribution >= 4 is 34.6 Å². The second kappa shape index (κ2) is 7.09. The van der Waals surface area contributed by atoms with Crippen molar-refractivity contribution in [3.05, 3.63) is 24.3 Å². The molecule has 22 heavy (non-hydrogen) atoms. The standard InChI is InChI=1S/C17H23N3OS/c21-16-7-4-12-20(16)15-10-8-14(9-11-15)19-17(22)18-13-5-2-1-3-6-13/h8-11,13H,1-7,12H2,(H2,18,19,22). The highest BCUT2D eigenvalue weighted by atomic mass is 32.1. The van der Waals surface area contributed by atoms with Gasteiger partial charge in [0.2, 0.25) is 5.91 Å². The number of thiocarbonyl (C=S) groups is 1. The Labute approximate surface area is 137 Å². The van der Waals surface area contributed by atoms with Crippen molar-refractivity contribution in [3.8, 4) is 0 Å². The van der Waals surface area contributed by atoms with Crippen LogP contribution in [-0.2, 0) is 4.79 Å². The first-order chi connectivity index (χ1) is 10.7. The number of rotatable bonds is 3. The van der Waals surface area contributed by atoms with E-state index in [-0.39, 0.29) is 5.91 Å². The fourth-order valence-corrected chi connectivity index (χ4v) is 3.53. The Kier molecular flexibility index (Phi) is 4.93. The average Bonchev–Trinajstić information content (AvgIpc) is 2.95. The average molecular weight is 317 g/mol. The fraction of sp³-hybridized carbons (Fsp3) is 0.529. The highest BCUT2D eigenvalue weighted by molar-refractivity contribution is 7.80. The van der Waals surface area contributed by atoms with Gasteiger partial charge < -0.3 is 15.5 Å². The number of hydrogen-bond donors (Lipinski definition) is 2. The van der Waals surface area contributed by atoms with Crippen molar-refractivity contribution < 1.29 is 4.79 Å². The second-order valence-electron chi connectivity index (χ2n) is 6.13. The van der Waals surface area contributed by atoms with Gasteiger partial charge in [0, 0.05) is 30.4 Å². The van der Waals surface area contributed by atoms with Gasteiger partial charge in [-0.05, 0) is 55.7 Å². The molecule has 1 aliphatic heterocycles. The Morgan fingerprint density at radius 2 is 1.82 bits per heavy atom. The van der Waals surface area contributed by atoms with Crippen molar-refractivity contribution in [3.63, 3.8) is 0 Å². The van der Waals surface area contributed by atoms with Crippen LogP contribution in [0, 0.1) is 0 Å². The molecule has 3 rings (SSSR count). The van der Waals surface area contributed by atoms with Gasteiger partial charge in [0.15, 0.2) is 5.11 Å². The van der Waals surface area contributed by atoms with Gasteiger partial charge in [0.25, 0.3) is 0 Å². The molecule has 0 spiro atoms. The summed E-state index contributed by atoms with van der Waals surface area (Å²) in [7, 11) is 0. The summed E-state index contributed by atoms with van der Waals surface area (Å²) in [4.78, 5) is 13.6. The van der Waals surface area contributed by atoms with Crippen LogP contribution in [-0.4, -0.2) is 23.6 Å². The molecule has 0 atom stereocenters. The van der Waals surface area contributed by atoms with E-state index in [1.54, 1.807) is 0 Å². The predicted molar refractivity (Wildman–Crippen MR) is 94.3 cm³/mol. The molecule has 1 aromatic rings. The van der Waals surface area contributed by atoms with Gasteiger partial charge in [-0.3, -0.25) is 4.79 Å².